The molecule has 1 N–H and O–H groups in total. The molecule has 28 heavy (non-hydrogen) atoms. The van der Waals surface area contributed by atoms with Crippen molar-refractivity contribution < 1.29 is 9.59 Å². The number of benzene rings is 3. The van der Waals surface area contributed by atoms with E-state index in [9.17, 15) is 9.59 Å². The molecule has 0 spiro atoms. The molecule has 0 aliphatic carbocycles. The number of ketones is 2. The molecule has 140 valence electrons. The van der Waals surface area contributed by atoms with Crippen LogP contribution in [0.3, 0.4) is 0 Å². The van der Waals surface area contributed by atoms with Crippen LogP contribution >= 0.6 is 0 Å². The van der Waals surface area contributed by atoms with Gasteiger partial charge in [-0.1, -0.05) is 63.2 Å². The Morgan fingerprint density at radius 3 is 2.07 bits per heavy atom. The van der Waals surface area contributed by atoms with E-state index in [1.165, 1.54) is 5.56 Å². The number of carbonyl (C=O) groups is 2. The Balaban J connectivity index is 1.57. The lowest BCUT2D eigenvalue weighted by molar-refractivity contribution is 0.0894. The lowest BCUT2D eigenvalue weighted by Gasteiger charge is -2.18. The number of fused-ring (bicyclic) bond motifs is 3. The molecular formula is C25H23NO2. The summed E-state index contributed by atoms with van der Waals surface area (Å²) < 4.78 is 0. The van der Waals surface area contributed by atoms with Crippen molar-refractivity contribution in [3.63, 3.8) is 0 Å². The van der Waals surface area contributed by atoms with E-state index in [0.29, 0.717) is 11.1 Å². The largest absolute Gasteiger partial charge is 0.355 e. The smallest absolute Gasteiger partial charge is 0.170 e. The summed E-state index contributed by atoms with van der Waals surface area (Å²) in [5.74, 6) is -0.304. The van der Waals surface area contributed by atoms with Crippen molar-refractivity contribution in [2.75, 3.05) is 0 Å². The van der Waals surface area contributed by atoms with E-state index in [1.807, 2.05) is 60.7 Å². The van der Waals surface area contributed by atoms with Gasteiger partial charge in [-0.05, 0) is 35.2 Å². The number of rotatable bonds is 4. The minimum atomic E-state index is -0.155. The van der Waals surface area contributed by atoms with Crippen molar-refractivity contribution in [3.05, 3.63) is 83.4 Å². The molecule has 4 rings (SSSR count). The average Bonchev–Trinajstić information content (AvgIpc) is 3.05. The van der Waals surface area contributed by atoms with Gasteiger partial charge < -0.3 is 4.98 Å². The molecule has 0 saturated carbocycles. The number of para-hydroxylation sites is 1. The summed E-state index contributed by atoms with van der Waals surface area (Å²) in [4.78, 5) is 28.7. The third kappa shape index (κ3) is 3.36. The quantitative estimate of drug-likeness (QED) is 0.350. The number of aromatic nitrogens is 1. The fourth-order valence-electron chi connectivity index (χ4n) is 3.53. The normalized spacial score (nSPS) is 11.8. The van der Waals surface area contributed by atoms with Crippen LogP contribution in [0.25, 0.3) is 21.8 Å². The van der Waals surface area contributed by atoms with Crippen LogP contribution in [-0.4, -0.2) is 16.6 Å². The molecule has 0 bridgehead atoms. The summed E-state index contributed by atoms with van der Waals surface area (Å²) in [6.45, 7) is 6.40. The number of Topliss-reactive ketones (excluding diaryl/α,β-unsaturated/α-hetero) is 2. The maximum absolute atomic E-state index is 12.7. The second-order valence-electron chi connectivity index (χ2n) is 8.28. The lowest BCUT2D eigenvalue weighted by Crippen LogP contribution is -2.12. The topological polar surface area (TPSA) is 49.9 Å². The summed E-state index contributed by atoms with van der Waals surface area (Å²) in [5, 5.41) is 2.08. The van der Waals surface area contributed by atoms with Crippen molar-refractivity contribution in [2.45, 2.75) is 32.6 Å². The Hall–Kier alpha value is -3.20. The SMILES string of the molecule is CC(C)(C)c1ccc(C(=O)CC(=O)c2ccc3[nH]c4ccccc4c3c2)cc1. The molecule has 0 radical (unpaired) electrons. The van der Waals surface area contributed by atoms with Gasteiger partial charge in [-0.15, -0.1) is 0 Å². The van der Waals surface area contributed by atoms with Gasteiger partial charge in [-0.3, -0.25) is 9.59 Å². The first kappa shape index (κ1) is 18.2. The number of H-pyrrole nitrogens is 1. The van der Waals surface area contributed by atoms with Crippen LogP contribution in [0.2, 0.25) is 0 Å². The Morgan fingerprint density at radius 1 is 0.750 bits per heavy atom. The molecule has 0 fully saturated rings. The predicted octanol–water partition coefficient (Wildman–Crippen LogP) is 6.07. The highest BCUT2D eigenvalue weighted by Crippen LogP contribution is 2.27. The number of carbonyl (C=O) groups excluding carboxylic acids is 2. The molecule has 0 atom stereocenters. The van der Waals surface area contributed by atoms with E-state index >= 15 is 0 Å². The molecular weight excluding hydrogens is 346 g/mol. The summed E-state index contributed by atoms with van der Waals surface area (Å²) in [6.07, 6.45) is -0.122. The van der Waals surface area contributed by atoms with Gasteiger partial charge in [-0.25, -0.2) is 0 Å². The van der Waals surface area contributed by atoms with Crippen LogP contribution in [0, 0.1) is 0 Å². The zero-order chi connectivity index (χ0) is 19.9. The zero-order valence-corrected chi connectivity index (χ0v) is 16.4. The third-order valence-electron chi connectivity index (χ3n) is 5.22. The van der Waals surface area contributed by atoms with E-state index in [1.54, 1.807) is 6.07 Å². The van der Waals surface area contributed by atoms with Crippen molar-refractivity contribution in [1.29, 1.82) is 0 Å². The van der Waals surface area contributed by atoms with Gasteiger partial charge in [0.05, 0.1) is 6.42 Å². The summed E-state index contributed by atoms with van der Waals surface area (Å²) in [7, 11) is 0. The van der Waals surface area contributed by atoms with Crippen LogP contribution in [0.15, 0.2) is 66.7 Å². The molecule has 0 unspecified atom stereocenters. The molecule has 3 heteroatoms. The molecule has 1 aromatic heterocycles. The van der Waals surface area contributed by atoms with E-state index < -0.39 is 0 Å². The fraction of sp³-hybridized carbons (Fsp3) is 0.200. The number of hydrogen-bond donors (Lipinski definition) is 1. The highest BCUT2D eigenvalue weighted by molar-refractivity contribution is 6.16. The second-order valence-corrected chi connectivity index (χ2v) is 8.28. The van der Waals surface area contributed by atoms with Crippen molar-refractivity contribution in [1.82, 2.24) is 4.98 Å². The van der Waals surface area contributed by atoms with Crippen LogP contribution in [-0.2, 0) is 5.41 Å². The van der Waals surface area contributed by atoms with Gasteiger partial charge in [0.25, 0.3) is 0 Å². The van der Waals surface area contributed by atoms with Crippen LogP contribution in [0.5, 0.6) is 0 Å². The lowest BCUT2D eigenvalue weighted by atomic mass is 9.86. The predicted molar refractivity (Wildman–Crippen MR) is 114 cm³/mol. The van der Waals surface area contributed by atoms with Crippen molar-refractivity contribution in [3.8, 4) is 0 Å². The van der Waals surface area contributed by atoms with Crippen LogP contribution in [0.1, 0.15) is 53.5 Å². The van der Waals surface area contributed by atoms with Crippen molar-refractivity contribution in [2.24, 2.45) is 0 Å². The zero-order valence-electron chi connectivity index (χ0n) is 16.4. The summed E-state index contributed by atoms with van der Waals surface area (Å²) in [5.41, 5.74) is 4.37. The van der Waals surface area contributed by atoms with Gasteiger partial charge >= 0.3 is 0 Å². The van der Waals surface area contributed by atoms with Crippen LogP contribution in [0.4, 0.5) is 0 Å². The first-order valence-electron chi connectivity index (χ1n) is 9.50. The molecule has 1 heterocycles. The second kappa shape index (κ2) is 6.75. The standard InChI is InChI=1S/C25H23NO2/c1-25(2,3)18-11-8-16(9-12-18)23(27)15-24(28)17-10-13-22-20(14-17)19-6-4-5-7-21(19)26-22/h4-14,26H,15H2,1-3H3. The van der Waals surface area contributed by atoms with E-state index in [-0.39, 0.29) is 23.4 Å². The van der Waals surface area contributed by atoms with Gasteiger partial charge in [0, 0.05) is 32.9 Å². The minimum absolute atomic E-state index is 0.0339. The number of hydrogen-bond acceptors (Lipinski definition) is 2. The average molecular weight is 369 g/mol. The first-order chi connectivity index (χ1) is 13.3. The summed E-state index contributed by atoms with van der Waals surface area (Å²) >= 11 is 0. The molecule has 0 aliphatic rings. The summed E-state index contributed by atoms with van der Waals surface area (Å²) in [6, 6.07) is 21.2. The third-order valence-corrected chi connectivity index (χ3v) is 5.22. The molecule has 0 saturated heterocycles. The Labute approximate surface area is 164 Å². The number of nitrogens with one attached hydrogen (secondary N) is 1. The molecule has 0 aliphatic heterocycles. The Morgan fingerprint density at radius 2 is 1.36 bits per heavy atom. The molecule has 3 nitrogen and oxygen atoms in total. The maximum Gasteiger partial charge on any atom is 0.170 e. The molecule has 3 aromatic carbocycles. The van der Waals surface area contributed by atoms with E-state index in [0.717, 1.165) is 21.8 Å². The Bertz CT molecular complexity index is 1190. The van der Waals surface area contributed by atoms with Crippen LogP contribution < -0.4 is 0 Å². The van der Waals surface area contributed by atoms with Gasteiger partial charge in [0.15, 0.2) is 11.6 Å². The van der Waals surface area contributed by atoms with Gasteiger partial charge in [-0.2, -0.15) is 0 Å². The minimum Gasteiger partial charge on any atom is -0.355 e. The van der Waals surface area contributed by atoms with Gasteiger partial charge in [0.1, 0.15) is 0 Å². The van der Waals surface area contributed by atoms with E-state index in [2.05, 4.69) is 25.8 Å². The van der Waals surface area contributed by atoms with Crippen molar-refractivity contribution >= 4 is 33.4 Å². The molecule has 4 aromatic rings. The highest BCUT2D eigenvalue weighted by Gasteiger charge is 2.17. The number of aromatic amines is 1. The maximum atomic E-state index is 12.7. The molecule has 0 amide bonds. The first-order valence-corrected chi connectivity index (χ1v) is 9.50. The van der Waals surface area contributed by atoms with Gasteiger partial charge in [0.2, 0.25) is 0 Å². The fourth-order valence-corrected chi connectivity index (χ4v) is 3.53. The highest BCUT2D eigenvalue weighted by atomic mass is 16.1. The van der Waals surface area contributed by atoms with E-state index in [4.69, 9.17) is 0 Å². The monoisotopic (exact) mass is 369 g/mol. The Kier molecular flexibility index (Phi) is 4.38.